The van der Waals surface area contributed by atoms with Crippen molar-refractivity contribution >= 4 is 45.7 Å². The second-order valence-corrected chi connectivity index (χ2v) is 9.59. The largest absolute Gasteiger partial charge is 0.366 e. The summed E-state index contributed by atoms with van der Waals surface area (Å²) in [5, 5.41) is 11.5. The van der Waals surface area contributed by atoms with Crippen molar-refractivity contribution < 1.29 is 9.18 Å². The van der Waals surface area contributed by atoms with Crippen LogP contribution in [0.3, 0.4) is 0 Å². The Morgan fingerprint density at radius 1 is 0.946 bits per heavy atom. The van der Waals surface area contributed by atoms with E-state index in [1.54, 1.807) is 39.8 Å². The van der Waals surface area contributed by atoms with Crippen LogP contribution in [0, 0.1) is 17.1 Å². The number of para-hydroxylation sites is 1. The lowest BCUT2D eigenvalue weighted by Crippen LogP contribution is -2.49. The van der Waals surface area contributed by atoms with Gasteiger partial charge in [-0.2, -0.15) is 5.26 Å². The summed E-state index contributed by atoms with van der Waals surface area (Å²) in [6, 6.07) is 20.3. The summed E-state index contributed by atoms with van der Waals surface area (Å²) in [4.78, 5) is 30.2. The molecule has 0 saturated carbocycles. The fourth-order valence-corrected chi connectivity index (χ4v) is 4.99. The molecule has 0 N–H and O–H groups in total. The molecule has 3 aromatic carbocycles. The van der Waals surface area contributed by atoms with Crippen molar-refractivity contribution in [2.75, 3.05) is 31.1 Å². The highest BCUT2D eigenvalue weighted by Crippen LogP contribution is 2.30. The Bertz CT molecular complexity index is 1600. The number of benzene rings is 3. The van der Waals surface area contributed by atoms with Gasteiger partial charge < -0.3 is 14.4 Å². The molecule has 1 aromatic heterocycles. The number of halogens is 3. The van der Waals surface area contributed by atoms with Crippen molar-refractivity contribution in [2.45, 2.75) is 6.54 Å². The van der Waals surface area contributed by atoms with Crippen LogP contribution in [0.25, 0.3) is 10.9 Å². The van der Waals surface area contributed by atoms with Gasteiger partial charge >= 0.3 is 0 Å². The van der Waals surface area contributed by atoms with Gasteiger partial charge in [0.25, 0.3) is 11.5 Å². The Labute approximate surface area is 222 Å². The molecule has 2 heterocycles. The van der Waals surface area contributed by atoms with Crippen LogP contribution < -0.4 is 10.5 Å². The fourth-order valence-electron chi connectivity index (χ4n) is 4.69. The average molecular weight is 535 g/mol. The summed E-state index contributed by atoms with van der Waals surface area (Å²) < 4.78 is 14.9. The number of nitriles is 1. The number of hydrogen-bond donors (Lipinski definition) is 0. The molecular weight excluding hydrogens is 514 g/mol. The van der Waals surface area contributed by atoms with Gasteiger partial charge in [0, 0.05) is 37.1 Å². The predicted molar refractivity (Wildman–Crippen MR) is 143 cm³/mol. The molecule has 186 valence electrons. The number of hydrogen-bond acceptors (Lipinski definition) is 4. The van der Waals surface area contributed by atoms with E-state index in [-0.39, 0.29) is 23.8 Å². The molecule has 1 amide bonds. The molecule has 5 rings (SSSR count). The minimum absolute atomic E-state index is 0.0464. The highest BCUT2D eigenvalue weighted by Gasteiger charge is 2.27. The summed E-state index contributed by atoms with van der Waals surface area (Å²) in [7, 11) is 0. The van der Waals surface area contributed by atoms with E-state index in [0.29, 0.717) is 53.0 Å². The van der Waals surface area contributed by atoms with Gasteiger partial charge in [0.2, 0.25) is 0 Å². The number of carbonyl (C=O) groups excluding carboxylic acids is 1. The molecule has 37 heavy (non-hydrogen) atoms. The maximum atomic E-state index is 13.5. The molecule has 0 unspecified atom stereocenters. The lowest BCUT2D eigenvalue weighted by molar-refractivity contribution is 0.0747. The normalized spacial score (nSPS) is 13.6. The Morgan fingerprint density at radius 2 is 1.65 bits per heavy atom. The number of aromatic nitrogens is 1. The zero-order valence-electron chi connectivity index (χ0n) is 19.6. The highest BCUT2D eigenvalue weighted by atomic mass is 35.5. The van der Waals surface area contributed by atoms with Crippen molar-refractivity contribution in [2.24, 2.45) is 0 Å². The van der Waals surface area contributed by atoms with Gasteiger partial charge in [0.1, 0.15) is 17.4 Å². The Morgan fingerprint density at radius 3 is 2.32 bits per heavy atom. The number of rotatable bonds is 4. The number of pyridine rings is 1. The molecular formula is C28H21Cl2FN4O2. The molecule has 0 spiro atoms. The highest BCUT2D eigenvalue weighted by molar-refractivity contribution is 6.42. The van der Waals surface area contributed by atoms with Crippen LogP contribution >= 0.6 is 23.2 Å². The first-order valence-electron chi connectivity index (χ1n) is 11.7. The fraction of sp³-hybridized carbons (Fsp3) is 0.179. The first-order chi connectivity index (χ1) is 17.9. The average Bonchev–Trinajstić information content (AvgIpc) is 2.92. The molecule has 1 fully saturated rings. The monoisotopic (exact) mass is 534 g/mol. The minimum atomic E-state index is -0.408. The van der Waals surface area contributed by atoms with Crippen LogP contribution in [-0.2, 0) is 6.54 Å². The number of anilines is 1. The van der Waals surface area contributed by atoms with Crippen LogP contribution in [-0.4, -0.2) is 41.6 Å². The van der Waals surface area contributed by atoms with Gasteiger partial charge in [0.05, 0.1) is 27.8 Å². The molecule has 0 aliphatic carbocycles. The third-order valence-electron chi connectivity index (χ3n) is 6.56. The van der Waals surface area contributed by atoms with Crippen molar-refractivity contribution in [1.82, 2.24) is 9.47 Å². The maximum Gasteiger partial charge on any atom is 0.271 e. The molecule has 4 aromatic rings. The number of nitrogens with zero attached hydrogens (tertiary/aromatic N) is 4. The third-order valence-corrected chi connectivity index (χ3v) is 7.30. The van der Waals surface area contributed by atoms with Gasteiger partial charge in [-0.05, 0) is 42.0 Å². The van der Waals surface area contributed by atoms with E-state index in [9.17, 15) is 19.2 Å². The molecule has 1 saturated heterocycles. The maximum absolute atomic E-state index is 13.5. The lowest BCUT2D eigenvalue weighted by Gasteiger charge is -2.37. The van der Waals surface area contributed by atoms with Gasteiger partial charge in [-0.1, -0.05) is 53.5 Å². The molecule has 0 atom stereocenters. The summed E-state index contributed by atoms with van der Waals surface area (Å²) in [5.41, 5.74) is 2.09. The first kappa shape index (κ1) is 24.8. The topological polar surface area (TPSA) is 69.3 Å². The van der Waals surface area contributed by atoms with Gasteiger partial charge in [-0.3, -0.25) is 9.59 Å². The van der Waals surface area contributed by atoms with Crippen molar-refractivity contribution in [3.05, 3.63) is 110 Å². The first-order valence-corrected chi connectivity index (χ1v) is 12.4. The van der Waals surface area contributed by atoms with Crippen molar-refractivity contribution in [3.8, 4) is 6.07 Å². The van der Waals surface area contributed by atoms with E-state index in [1.807, 2.05) is 29.2 Å². The van der Waals surface area contributed by atoms with Crippen molar-refractivity contribution in [3.63, 3.8) is 0 Å². The second-order valence-electron chi connectivity index (χ2n) is 8.78. The smallest absolute Gasteiger partial charge is 0.271 e. The number of piperazine rings is 1. The minimum Gasteiger partial charge on any atom is -0.366 e. The van der Waals surface area contributed by atoms with Crippen LogP contribution in [0.15, 0.2) is 71.5 Å². The van der Waals surface area contributed by atoms with Gasteiger partial charge in [-0.25, -0.2) is 4.39 Å². The Kier molecular flexibility index (Phi) is 6.88. The summed E-state index contributed by atoms with van der Waals surface area (Å²) in [5.74, 6) is -0.510. The van der Waals surface area contributed by atoms with Crippen LogP contribution in [0.5, 0.6) is 0 Å². The summed E-state index contributed by atoms with van der Waals surface area (Å²) in [6.45, 7) is 1.94. The van der Waals surface area contributed by atoms with Gasteiger partial charge in [0.15, 0.2) is 0 Å². The summed E-state index contributed by atoms with van der Waals surface area (Å²) in [6.07, 6.45) is 0. The summed E-state index contributed by atoms with van der Waals surface area (Å²) >= 11 is 12.1. The molecule has 0 bridgehead atoms. The van der Waals surface area contributed by atoms with Crippen LogP contribution in [0.4, 0.5) is 10.1 Å². The van der Waals surface area contributed by atoms with E-state index < -0.39 is 5.56 Å². The molecule has 1 aliphatic rings. The zero-order valence-corrected chi connectivity index (χ0v) is 21.1. The molecule has 0 radical (unpaired) electrons. The molecule has 6 nitrogen and oxygen atoms in total. The number of amides is 1. The SMILES string of the molecule is N#Cc1c(N2CCN(C(=O)c3ccc(Cl)c(Cl)c3)CC2)c2ccccc2n(Cc2ccc(F)cc2)c1=O. The van der Waals surface area contributed by atoms with E-state index in [0.717, 1.165) is 10.9 Å². The third kappa shape index (κ3) is 4.78. The Hall–Kier alpha value is -3.86. The zero-order chi connectivity index (χ0) is 26.1. The van der Waals surface area contributed by atoms with Crippen LogP contribution in [0.1, 0.15) is 21.5 Å². The van der Waals surface area contributed by atoms with Gasteiger partial charge in [-0.15, -0.1) is 0 Å². The number of fused-ring (bicyclic) bond motifs is 1. The van der Waals surface area contributed by atoms with E-state index >= 15 is 0 Å². The van der Waals surface area contributed by atoms with E-state index in [4.69, 9.17) is 23.2 Å². The quantitative estimate of drug-likeness (QED) is 0.354. The van der Waals surface area contributed by atoms with E-state index in [1.165, 1.54) is 12.1 Å². The Balaban J connectivity index is 1.47. The molecule has 9 heteroatoms. The lowest BCUT2D eigenvalue weighted by atomic mass is 10.1. The van der Waals surface area contributed by atoms with Crippen LogP contribution in [0.2, 0.25) is 10.0 Å². The van der Waals surface area contributed by atoms with Crippen molar-refractivity contribution in [1.29, 1.82) is 5.26 Å². The standard InChI is InChI=1S/C28H21Cl2FN4O2/c29-23-10-7-19(15-24(23)30)27(36)34-13-11-33(12-14-34)26-21-3-1-2-4-25(21)35(28(37)22(26)16-32)17-18-5-8-20(31)9-6-18/h1-10,15H,11-14,17H2. The second kappa shape index (κ2) is 10.3. The van der Waals surface area contributed by atoms with E-state index in [2.05, 4.69) is 6.07 Å². The number of carbonyl (C=O) groups is 1. The molecule has 1 aliphatic heterocycles. The predicted octanol–water partition coefficient (Wildman–Crippen LogP) is 5.33.